The van der Waals surface area contributed by atoms with Gasteiger partial charge in [-0.1, -0.05) is 6.07 Å². The number of halogens is 1. The zero-order chi connectivity index (χ0) is 13.9. The van der Waals surface area contributed by atoms with Crippen LogP contribution in [0.15, 0.2) is 51.5 Å². The Morgan fingerprint density at radius 1 is 1.10 bits per heavy atom. The van der Waals surface area contributed by atoms with Crippen molar-refractivity contribution in [2.75, 3.05) is 7.11 Å². The molecule has 0 aliphatic rings. The smallest absolute Gasteiger partial charge is 0.266 e. The van der Waals surface area contributed by atoms with Gasteiger partial charge in [0.2, 0.25) is 5.89 Å². The van der Waals surface area contributed by atoms with Gasteiger partial charge < -0.3 is 9.15 Å². The van der Waals surface area contributed by atoms with Crippen molar-refractivity contribution in [3.63, 3.8) is 0 Å². The first-order valence-electron chi connectivity index (χ1n) is 5.87. The van der Waals surface area contributed by atoms with E-state index >= 15 is 0 Å². The highest BCUT2D eigenvalue weighted by atomic mass is 79.9. The molecule has 0 atom stereocenters. The molecule has 0 aliphatic heterocycles. The molecule has 20 heavy (non-hydrogen) atoms. The molecule has 0 saturated heterocycles. The van der Waals surface area contributed by atoms with Gasteiger partial charge in [-0.2, -0.15) is 0 Å². The van der Waals surface area contributed by atoms with Crippen LogP contribution < -0.4 is 4.74 Å². The van der Waals surface area contributed by atoms with Crippen LogP contribution in [0.1, 0.15) is 0 Å². The summed E-state index contributed by atoms with van der Waals surface area (Å²) in [5.41, 5.74) is 1.44. The topological polar surface area (TPSA) is 61.0 Å². The van der Waals surface area contributed by atoms with Crippen LogP contribution in [0.3, 0.4) is 0 Å². The Labute approximate surface area is 123 Å². The Hall–Kier alpha value is -2.21. The monoisotopic (exact) mass is 331 g/mol. The summed E-state index contributed by atoms with van der Waals surface area (Å²) in [6.07, 6.45) is 1.68. The van der Waals surface area contributed by atoms with E-state index in [0.29, 0.717) is 23.2 Å². The SMILES string of the molecule is COc1cc(-c2nnc(-c3ccccn3)o2)ccc1Br. The van der Waals surface area contributed by atoms with Crippen LogP contribution in [0.5, 0.6) is 5.75 Å². The molecule has 0 radical (unpaired) electrons. The van der Waals surface area contributed by atoms with Crippen LogP contribution >= 0.6 is 15.9 Å². The molecule has 1 aromatic carbocycles. The van der Waals surface area contributed by atoms with Crippen molar-refractivity contribution < 1.29 is 9.15 Å². The third-order valence-electron chi connectivity index (χ3n) is 2.71. The lowest BCUT2D eigenvalue weighted by atomic mass is 10.2. The average molecular weight is 332 g/mol. The summed E-state index contributed by atoms with van der Waals surface area (Å²) in [5.74, 6) is 1.53. The standard InChI is InChI=1S/C14H10BrN3O2/c1-19-12-8-9(5-6-10(12)15)13-17-18-14(20-13)11-4-2-3-7-16-11/h2-8H,1H3. The molecule has 0 bridgehead atoms. The molecule has 100 valence electrons. The van der Waals surface area contributed by atoms with E-state index in [0.717, 1.165) is 10.0 Å². The molecule has 0 spiro atoms. The maximum absolute atomic E-state index is 5.64. The number of aromatic nitrogens is 3. The Balaban J connectivity index is 1.98. The largest absolute Gasteiger partial charge is 0.496 e. The fraction of sp³-hybridized carbons (Fsp3) is 0.0714. The van der Waals surface area contributed by atoms with Gasteiger partial charge in [0.25, 0.3) is 5.89 Å². The van der Waals surface area contributed by atoms with Gasteiger partial charge in [0.05, 0.1) is 11.6 Å². The van der Waals surface area contributed by atoms with Crippen molar-refractivity contribution >= 4 is 15.9 Å². The highest BCUT2D eigenvalue weighted by molar-refractivity contribution is 9.10. The van der Waals surface area contributed by atoms with Crippen molar-refractivity contribution in [3.8, 4) is 28.8 Å². The van der Waals surface area contributed by atoms with Crippen LogP contribution in [-0.4, -0.2) is 22.3 Å². The molecule has 0 unspecified atom stereocenters. The van der Waals surface area contributed by atoms with Gasteiger partial charge in [-0.15, -0.1) is 10.2 Å². The third-order valence-corrected chi connectivity index (χ3v) is 3.36. The first kappa shape index (κ1) is 12.8. The van der Waals surface area contributed by atoms with E-state index in [1.807, 2.05) is 36.4 Å². The van der Waals surface area contributed by atoms with E-state index < -0.39 is 0 Å². The van der Waals surface area contributed by atoms with Gasteiger partial charge in [0.15, 0.2) is 0 Å². The number of benzene rings is 1. The van der Waals surface area contributed by atoms with Crippen molar-refractivity contribution in [1.82, 2.24) is 15.2 Å². The van der Waals surface area contributed by atoms with E-state index in [2.05, 4.69) is 31.1 Å². The van der Waals surface area contributed by atoms with Gasteiger partial charge in [0.1, 0.15) is 11.4 Å². The Morgan fingerprint density at radius 2 is 1.95 bits per heavy atom. The van der Waals surface area contributed by atoms with Gasteiger partial charge in [0, 0.05) is 11.8 Å². The fourth-order valence-electron chi connectivity index (χ4n) is 1.73. The van der Waals surface area contributed by atoms with Gasteiger partial charge in [-0.3, -0.25) is 4.98 Å². The van der Waals surface area contributed by atoms with Crippen LogP contribution in [0.25, 0.3) is 23.0 Å². The number of hydrogen-bond donors (Lipinski definition) is 0. The van der Waals surface area contributed by atoms with Crippen molar-refractivity contribution in [1.29, 1.82) is 0 Å². The molecule has 2 aromatic heterocycles. The van der Waals surface area contributed by atoms with Gasteiger partial charge in [-0.05, 0) is 46.3 Å². The molecule has 2 heterocycles. The Morgan fingerprint density at radius 3 is 2.70 bits per heavy atom. The van der Waals surface area contributed by atoms with E-state index in [4.69, 9.17) is 9.15 Å². The predicted molar refractivity (Wildman–Crippen MR) is 77.2 cm³/mol. The minimum Gasteiger partial charge on any atom is -0.496 e. The molecule has 5 nitrogen and oxygen atoms in total. The molecule has 3 aromatic rings. The predicted octanol–water partition coefficient (Wildman–Crippen LogP) is 3.57. The van der Waals surface area contributed by atoms with Gasteiger partial charge in [-0.25, -0.2) is 0 Å². The minimum absolute atomic E-state index is 0.391. The number of nitrogens with zero attached hydrogens (tertiary/aromatic N) is 3. The molecule has 0 amide bonds. The van der Waals surface area contributed by atoms with Crippen LogP contribution in [-0.2, 0) is 0 Å². The molecule has 0 N–H and O–H groups in total. The summed E-state index contributed by atoms with van der Waals surface area (Å²) in [6, 6.07) is 11.1. The van der Waals surface area contributed by atoms with Crippen molar-refractivity contribution in [2.45, 2.75) is 0 Å². The lowest BCUT2D eigenvalue weighted by molar-refractivity contribution is 0.412. The van der Waals surface area contributed by atoms with Crippen molar-refractivity contribution in [3.05, 3.63) is 47.1 Å². The molecule has 0 saturated carbocycles. The zero-order valence-corrected chi connectivity index (χ0v) is 12.2. The summed E-state index contributed by atoms with van der Waals surface area (Å²) in [6.45, 7) is 0. The van der Waals surface area contributed by atoms with E-state index in [1.54, 1.807) is 13.3 Å². The molecule has 6 heteroatoms. The first-order valence-corrected chi connectivity index (χ1v) is 6.66. The molecular formula is C14H10BrN3O2. The number of hydrogen-bond acceptors (Lipinski definition) is 5. The first-order chi connectivity index (χ1) is 9.78. The van der Waals surface area contributed by atoms with E-state index in [-0.39, 0.29) is 0 Å². The second kappa shape index (κ2) is 5.42. The second-order valence-electron chi connectivity index (χ2n) is 3.98. The maximum Gasteiger partial charge on any atom is 0.266 e. The summed E-state index contributed by atoms with van der Waals surface area (Å²) >= 11 is 3.40. The molecule has 0 fully saturated rings. The molecule has 3 rings (SSSR count). The number of rotatable bonds is 3. The van der Waals surface area contributed by atoms with Crippen LogP contribution in [0, 0.1) is 0 Å². The van der Waals surface area contributed by atoms with E-state index in [1.165, 1.54) is 0 Å². The average Bonchev–Trinajstić information content (AvgIpc) is 2.98. The second-order valence-corrected chi connectivity index (χ2v) is 4.83. The Kier molecular flexibility index (Phi) is 3.47. The molecule has 0 aliphatic carbocycles. The number of pyridine rings is 1. The maximum atomic E-state index is 5.64. The lowest BCUT2D eigenvalue weighted by Gasteiger charge is -2.03. The summed E-state index contributed by atoms with van der Waals surface area (Å²) in [7, 11) is 1.61. The number of ether oxygens (including phenoxy) is 1. The normalized spacial score (nSPS) is 10.5. The number of methoxy groups -OCH3 is 1. The summed E-state index contributed by atoms with van der Waals surface area (Å²) < 4.78 is 11.8. The highest BCUT2D eigenvalue weighted by Gasteiger charge is 2.12. The van der Waals surface area contributed by atoms with Gasteiger partial charge >= 0.3 is 0 Å². The van der Waals surface area contributed by atoms with E-state index in [9.17, 15) is 0 Å². The highest BCUT2D eigenvalue weighted by Crippen LogP contribution is 2.30. The Bertz CT molecular complexity index is 728. The van der Waals surface area contributed by atoms with Crippen molar-refractivity contribution in [2.24, 2.45) is 0 Å². The summed E-state index contributed by atoms with van der Waals surface area (Å²) in [4.78, 5) is 4.18. The zero-order valence-electron chi connectivity index (χ0n) is 10.6. The van der Waals surface area contributed by atoms with Crippen LogP contribution in [0.4, 0.5) is 0 Å². The minimum atomic E-state index is 0.391. The summed E-state index contributed by atoms with van der Waals surface area (Å²) in [5, 5.41) is 8.05. The fourth-order valence-corrected chi connectivity index (χ4v) is 2.13. The van der Waals surface area contributed by atoms with Crippen LogP contribution in [0.2, 0.25) is 0 Å². The molecular weight excluding hydrogens is 322 g/mol. The quantitative estimate of drug-likeness (QED) is 0.734. The third kappa shape index (κ3) is 2.42. The lowest BCUT2D eigenvalue weighted by Crippen LogP contribution is -1.85.